The van der Waals surface area contributed by atoms with Crippen molar-refractivity contribution in [3.8, 4) is 11.5 Å². The Balaban J connectivity index is 1.75. The summed E-state index contributed by atoms with van der Waals surface area (Å²) in [5.41, 5.74) is 5.21. The van der Waals surface area contributed by atoms with E-state index in [2.05, 4.69) is 18.9 Å². The molecule has 200 valence electrons. The number of aromatic hydroxyl groups is 1. The maximum atomic E-state index is 12.0. The maximum Gasteiger partial charge on any atom is 0.335 e. The summed E-state index contributed by atoms with van der Waals surface area (Å²) in [6, 6.07) is 9.76. The van der Waals surface area contributed by atoms with E-state index in [9.17, 15) is 19.8 Å². The number of phenolic OH excluding ortho intramolecular Hbond substituents is 1. The minimum atomic E-state index is -1.05. The third-order valence-electron chi connectivity index (χ3n) is 6.02. The van der Waals surface area contributed by atoms with Crippen LogP contribution in [0.2, 0.25) is 0 Å². The molecule has 1 atom stereocenters. The van der Waals surface area contributed by atoms with Gasteiger partial charge in [0.2, 0.25) is 0 Å². The van der Waals surface area contributed by atoms with Crippen molar-refractivity contribution < 1.29 is 29.3 Å². The first-order valence-corrected chi connectivity index (χ1v) is 12.7. The van der Waals surface area contributed by atoms with Gasteiger partial charge < -0.3 is 19.7 Å². The number of aromatic carboxylic acids is 1. The van der Waals surface area contributed by atoms with E-state index in [1.165, 1.54) is 37.8 Å². The lowest BCUT2D eigenvalue weighted by Gasteiger charge is -2.33. The van der Waals surface area contributed by atoms with Crippen LogP contribution in [0.3, 0.4) is 0 Å². The number of nitrogens with zero attached hydrogens (tertiary/aromatic N) is 2. The van der Waals surface area contributed by atoms with Crippen LogP contribution in [0.4, 0.5) is 17.1 Å². The molecule has 1 heterocycles. The fourth-order valence-electron chi connectivity index (χ4n) is 4.04. The number of fused-ring (bicyclic) bond motifs is 1. The van der Waals surface area contributed by atoms with E-state index >= 15 is 0 Å². The lowest BCUT2D eigenvalue weighted by molar-refractivity contribution is -0.142. The van der Waals surface area contributed by atoms with Crippen LogP contribution in [-0.2, 0) is 9.53 Å². The van der Waals surface area contributed by atoms with E-state index in [1.54, 1.807) is 48.2 Å². The smallest absolute Gasteiger partial charge is 0.335 e. The lowest BCUT2D eigenvalue weighted by Crippen LogP contribution is -2.46. The molecule has 3 N–H and O–H groups in total. The molecule has 1 aliphatic rings. The normalized spacial score (nSPS) is 13.1. The second-order valence-electron chi connectivity index (χ2n) is 9.31. The number of phenols is 1. The zero-order chi connectivity index (χ0) is 26.9. The highest BCUT2D eigenvalue weighted by Crippen LogP contribution is 2.41. The largest absolute Gasteiger partial charge is 0.505 e. The van der Waals surface area contributed by atoms with Gasteiger partial charge in [-0.05, 0) is 50.6 Å². The van der Waals surface area contributed by atoms with Gasteiger partial charge in [-0.1, -0.05) is 45.6 Å². The van der Waals surface area contributed by atoms with Gasteiger partial charge in [0.1, 0.15) is 23.3 Å². The topological polar surface area (TPSA) is 112 Å². The number of ether oxygens (including phenoxy) is 2. The molecule has 0 aliphatic carbocycles. The summed E-state index contributed by atoms with van der Waals surface area (Å²) < 4.78 is 11.3. The molecular formula is C28H37N3O6. The number of hydrogen-bond donors (Lipinski definition) is 3. The van der Waals surface area contributed by atoms with E-state index in [4.69, 9.17) is 9.47 Å². The van der Waals surface area contributed by atoms with Crippen LogP contribution in [-0.4, -0.2) is 41.4 Å². The number of hydrogen-bond acceptors (Lipinski definition) is 8. The summed E-state index contributed by atoms with van der Waals surface area (Å²) >= 11 is 0. The Bertz CT molecular complexity index is 1120. The van der Waals surface area contributed by atoms with Gasteiger partial charge in [0.25, 0.3) is 0 Å². The van der Waals surface area contributed by atoms with Gasteiger partial charge in [-0.3, -0.25) is 10.4 Å². The Hall–Kier alpha value is -3.88. The third-order valence-corrected chi connectivity index (χ3v) is 6.02. The van der Waals surface area contributed by atoms with Crippen molar-refractivity contribution in [2.75, 3.05) is 28.7 Å². The summed E-state index contributed by atoms with van der Waals surface area (Å²) in [5, 5.41) is 23.7. The van der Waals surface area contributed by atoms with Crippen LogP contribution in [0.1, 0.15) is 69.7 Å². The summed E-state index contributed by atoms with van der Waals surface area (Å²) in [5.74, 6) is -0.999. The number of carboxylic acids is 1. The van der Waals surface area contributed by atoms with Crippen LogP contribution >= 0.6 is 0 Å². The van der Waals surface area contributed by atoms with Gasteiger partial charge in [0, 0.05) is 11.6 Å². The van der Waals surface area contributed by atoms with Crippen LogP contribution in [0.25, 0.3) is 0 Å². The summed E-state index contributed by atoms with van der Waals surface area (Å²) in [4.78, 5) is 23.5. The van der Waals surface area contributed by atoms with Crippen molar-refractivity contribution in [2.45, 2.75) is 65.4 Å². The molecule has 37 heavy (non-hydrogen) atoms. The van der Waals surface area contributed by atoms with Crippen molar-refractivity contribution >= 4 is 29.0 Å². The first-order valence-electron chi connectivity index (χ1n) is 12.7. The molecule has 3 rings (SSSR count). The predicted octanol–water partition coefficient (Wildman–Crippen LogP) is 5.91. The lowest BCUT2D eigenvalue weighted by atomic mass is 10.1. The number of hydrazine groups is 2. The van der Waals surface area contributed by atoms with Gasteiger partial charge in [0.15, 0.2) is 0 Å². The highest BCUT2D eigenvalue weighted by molar-refractivity contribution is 5.93. The molecule has 0 aromatic heterocycles. The van der Waals surface area contributed by atoms with Gasteiger partial charge in [-0.15, -0.1) is 0 Å². The second kappa shape index (κ2) is 12.9. The average molecular weight is 512 g/mol. The van der Waals surface area contributed by atoms with Gasteiger partial charge in [0.05, 0.1) is 30.1 Å². The van der Waals surface area contributed by atoms with Gasteiger partial charge in [-0.25, -0.2) is 9.59 Å². The van der Waals surface area contributed by atoms with Crippen molar-refractivity contribution in [2.24, 2.45) is 0 Å². The van der Waals surface area contributed by atoms with Gasteiger partial charge in [-0.2, -0.15) is 5.12 Å². The van der Waals surface area contributed by atoms with E-state index in [0.717, 1.165) is 12.8 Å². The van der Waals surface area contributed by atoms with Crippen molar-refractivity contribution in [3.05, 3.63) is 54.1 Å². The molecule has 1 unspecified atom stereocenters. The number of rotatable bonds is 14. The Morgan fingerprint density at radius 3 is 2.43 bits per heavy atom. The number of carbonyl (C=O) groups excluding carboxylic acids is 1. The van der Waals surface area contributed by atoms with Crippen molar-refractivity contribution in [3.63, 3.8) is 0 Å². The molecule has 9 heteroatoms. The molecule has 0 radical (unpaired) electrons. The molecule has 2 aromatic rings. The molecule has 2 aromatic carbocycles. The number of carbonyl (C=O) groups is 2. The minimum absolute atomic E-state index is 0.0178. The predicted molar refractivity (Wildman–Crippen MR) is 144 cm³/mol. The van der Waals surface area contributed by atoms with E-state index in [0.29, 0.717) is 35.0 Å². The van der Waals surface area contributed by atoms with E-state index < -0.39 is 18.0 Å². The zero-order valence-electron chi connectivity index (χ0n) is 21.8. The molecule has 0 bridgehead atoms. The molecule has 0 fully saturated rings. The van der Waals surface area contributed by atoms with E-state index in [-0.39, 0.29) is 17.9 Å². The number of esters is 1. The monoisotopic (exact) mass is 511 g/mol. The number of anilines is 3. The molecule has 0 saturated carbocycles. The molecular weight excluding hydrogens is 474 g/mol. The fourth-order valence-corrected chi connectivity index (χ4v) is 4.04. The molecule has 0 spiro atoms. The van der Waals surface area contributed by atoms with Crippen molar-refractivity contribution in [1.29, 1.82) is 0 Å². The number of nitrogens with one attached hydrogen (secondary N) is 1. The van der Waals surface area contributed by atoms with Crippen molar-refractivity contribution in [1.82, 2.24) is 0 Å². The highest BCUT2D eigenvalue weighted by atomic mass is 16.5. The minimum Gasteiger partial charge on any atom is -0.505 e. The SMILES string of the molecule is C=C(C)C(=O)OC(C)CN1c2ccc(C(=O)O)cc2NN1c1ccc(OCCCCCCCC)cc1O. The quantitative estimate of drug-likeness (QED) is 0.162. The Kier molecular flexibility index (Phi) is 9.65. The summed E-state index contributed by atoms with van der Waals surface area (Å²) in [6.45, 7) is 9.96. The number of unbranched alkanes of at least 4 members (excludes halogenated alkanes) is 5. The molecule has 0 saturated heterocycles. The van der Waals surface area contributed by atoms with Crippen LogP contribution in [0.5, 0.6) is 11.5 Å². The van der Waals surface area contributed by atoms with Crippen LogP contribution < -0.4 is 20.3 Å². The highest BCUT2D eigenvalue weighted by Gasteiger charge is 2.32. The van der Waals surface area contributed by atoms with Gasteiger partial charge >= 0.3 is 11.9 Å². The standard InChI is InChI=1S/C28H37N3O6/c1-5-6-7-8-9-10-15-36-22-12-14-25(26(32)17-22)31-29-23-16-21(27(33)34)11-13-24(23)30(31)18-20(4)37-28(35)19(2)3/h11-14,16-17,20,29,32H,2,5-10,15,18H2,1,3-4H3,(H,33,34). The molecule has 1 aliphatic heterocycles. The maximum absolute atomic E-state index is 12.0. The second-order valence-corrected chi connectivity index (χ2v) is 9.31. The average Bonchev–Trinajstić information content (AvgIpc) is 3.20. The van der Waals surface area contributed by atoms with Crippen LogP contribution in [0.15, 0.2) is 48.6 Å². The first-order chi connectivity index (χ1) is 17.7. The summed E-state index contributed by atoms with van der Waals surface area (Å²) in [7, 11) is 0. The Morgan fingerprint density at radius 2 is 1.76 bits per heavy atom. The number of carboxylic acid groups (broad SMARTS) is 1. The number of benzene rings is 2. The fraction of sp³-hybridized carbons (Fsp3) is 0.429. The third kappa shape index (κ3) is 7.31. The molecule has 0 amide bonds. The summed E-state index contributed by atoms with van der Waals surface area (Å²) in [6.07, 6.45) is 6.46. The van der Waals surface area contributed by atoms with E-state index in [1.807, 2.05) is 0 Å². The van der Waals surface area contributed by atoms with Crippen LogP contribution in [0, 0.1) is 0 Å². The zero-order valence-corrected chi connectivity index (χ0v) is 21.8. The Morgan fingerprint density at radius 1 is 1.05 bits per heavy atom. The first kappa shape index (κ1) is 27.7. The molecule has 9 nitrogen and oxygen atoms in total. The Labute approximate surface area is 218 Å².